The molecule has 0 unspecified atom stereocenters. The van der Waals surface area contributed by atoms with Gasteiger partial charge in [-0.05, 0) is 19.9 Å². The molecule has 38 heavy (non-hydrogen) atoms. The maximum Gasteiger partial charge on any atom is 2.00 e. The van der Waals surface area contributed by atoms with Crippen molar-refractivity contribution in [1.82, 2.24) is 0 Å². The van der Waals surface area contributed by atoms with Crippen LogP contribution in [-0.4, -0.2) is 44.9 Å². The number of fused-ring (bicyclic) bond motifs is 6. The summed E-state index contributed by atoms with van der Waals surface area (Å²) in [5.74, 6) is -5.10. The molecule has 1 atom stereocenters. The molecule has 200 valence electrons. The second-order valence-electron chi connectivity index (χ2n) is 8.02. The maximum atomic E-state index is 13.4. The van der Waals surface area contributed by atoms with Gasteiger partial charge in [0.2, 0.25) is 12.3 Å². The Hall–Kier alpha value is -4.40. The number of anilines is 2. The average molecular weight is 568 g/mol. The summed E-state index contributed by atoms with van der Waals surface area (Å²) in [7, 11) is 0. The molecule has 0 fully saturated rings. The summed E-state index contributed by atoms with van der Waals surface area (Å²) in [5, 5.41) is 40.6. The number of hydrogen-bond donors (Lipinski definition) is 1. The van der Waals surface area contributed by atoms with Crippen LogP contribution in [0.1, 0.15) is 27.7 Å². The Kier molecular flexibility index (Phi) is 8.57. The van der Waals surface area contributed by atoms with Crippen LogP contribution < -0.4 is 9.80 Å². The minimum Gasteiger partial charge on any atom is -0.627 e. The van der Waals surface area contributed by atoms with E-state index in [0.29, 0.717) is 9.80 Å². The van der Waals surface area contributed by atoms with Crippen molar-refractivity contribution in [2.24, 2.45) is 5.41 Å². The second-order valence-corrected chi connectivity index (χ2v) is 8.02. The van der Waals surface area contributed by atoms with Crippen molar-refractivity contribution in [3.63, 3.8) is 0 Å². The molecule has 2 bridgehead atoms. The van der Waals surface area contributed by atoms with E-state index in [1.54, 1.807) is 0 Å². The van der Waals surface area contributed by atoms with E-state index in [-0.39, 0.29) is 34.1 Å². The first kappa shape index (κ1) is 29.8. The number of carbonyl (C=O) groups is 4. The number of aliphatic hydroxyl groups excluding tert-OH is 1. The van der Waals surface area contributed by atoms with E-state index in [2.05, 4.69) is 10.6 Å². The maximum absolute atomic E-state index is 13.4. The molecule has 4 amide bonds. The van der Waals surface area contributed by atoms with Crippen molar-refractivity contribution in [3.05, 3.63) is 67.3 Å². The van der Waals surface area contributed by atoms with Gasteiger partial charge in [-0.1, -0.05) is 19.9 Å². The average Bonchev–Trinajstić information content (AvgIpc) is 3.15. The quantitative estimate of drug-likeness (QED) is 0.185. The van der Waals surface area contributed by atoms with Gasteiger partial charge in [-0.15, -0.1) is 11.4 Å². The standard InChI is InChI=1S/C20H16N6O9.C2H6.Fe/c1-20(2)17(29)22-11-5-3-9(25(32)33)7-12(11)21-15(27)16(28)23-14-8-10(26(34)35)4-6-13(14)24(18(20)30)19(23)31;1-2;/h3-8,19,31H,1-2H3,(H2,21,22,27,28,29);1-2H3;/q;;+2/p-2/t19-;;/m1../s1. The molecule has 4 rings (SSSR count). The first-order chi connectivity index (χ1) is 17.3. The molecule has 0 aliphatic carbocycles. The smallest absolute Gasteiger partial charge is 0.627 e. The van der Waals surface area contributed by atoms with Crippen LogP contribution in [0.4, 0.5) is 34.1 Å². The zero-order valence-electron chi connectivity index (χ0n) is 20.3. The Morgan fingerprint density at radius 2 is 1.39 bits per heavy atom. The molecule has 15 nitrogen and oxygen atoms in total. The summed E-state index contributed by atoms with van der Waals surface area (Å²) in [6.45, 7) is 6.39. The number of nitrogens with zero attached hydrogens (tertiary/aromatic N) is 6. The normalized spacial score (nSPS) is 17.8. The fraction of sp³-hybridized carbons (Fsp3) is 0.273. The molecule has 0 radical (unpaired) electrons. The van der Waals surface area contributed by atoms with Gasteiger partial charge in [0, 0.05) is 24.3 Å². The topological polar surface area (TPSA) is 209 Å². The van der Waals surface area contributed by atoms with Crippen LogP contribution in [-0.2, 0) is 36.2 Å². The minimum absolute atomic E-state index is 0. The molecular weight excluding hydrogens is 548 g/mol. The molecular formula is C22H20FeN6O9. The van der Waals surface area contributed by atoms with Crippen molar-refractivity contribution >= 4 is 57.8 Å². The Bertz CT molecular complexity index is 1360. The van der Waals surface area contributed by atoms with Gasteiger partial charge in [0.25, 0.3) is 17.3 Å². The number of hydrogen-bond acceptors (Lipinski definition) is 9. The number of benzene rings is 2. The van der Waals surface area contributed by atoms with Crippen LogP contribution >= 0.6 is 0 Å². The number of non-ortho nitro benzene ring substituents is 2. The van der Waals surface area contributed by atoms with Gasteiger partial charge < -0.3 is 25.3 Å². The molecule has 1 N–H and O–H groups in total. The van der Waals surface area contributed by atoms with Crippen LogP contribution in [0.3, 0.4) is 0 Å². The summed E-state index contributed by atoms with van der Waals surface area (Å²) in [6, 6.07) is 5.80. The molecule has 16 heteroatoms. The zero-order valence-corrected chi connectivity index (χ0v) is 21.4. The summed E-state index contributed by atoms with van der Waals surface area (Å²) < 4.78 is 0. The van der Waals surface area contributed by atoms with Crippen molar-refractivity contribution < 1.29 is 51.2 Å². The molecule has 0 saturated carbocycles. The molecule has 2 heterocycles. The summed E-state index contributed by atoms with van der Waals surface area (Å²) in [6.07, 6.45) is -2.15. The largest absolute Gasteiger partial charge is 2.00 e. The summed E-state index contributed by atoms with van der Waals surface area (Å²) in [5.41, 5.74) is -4.32. The third kappa shape index (κ3) is 4.91. The second kappa shape index (κ2) is 10.9. The number of nitro benzene ring substituents is 2. The van der Waals surface area contributed by atoms with Crippen molar-refractivity contribution in [2.75, 3.05) is 9.80 Å². The number of rotatable bonds is 2. The molecule has 2 aromatic carbocycles. The number of aliphatic hydroxyl groups is 1. The van der Waals surface area contributed by atoms with Crippen LogP contribution in [0.5, 0.6) is 0 Å². The summed E-state index contributed by atoms with van der Waals surface area (Å²) >= 11 is 0. The van der Waals surface area contributed by atoms with E-state index >= 15 is 0 Å². The predicted octanol–water partition coefficient (Wildman–Crippen LogP) is 3.29. The number of carbonyl (C=O) groups excluding carboxylic acids is 4. The Labute approximate surface area is 225 Å². The first-order valence-corrected chi connectivity index (χ1v) is 10.8. The van der Waals surface area contributed by atoms with Crippen molar-refractivity contribution in [2.45, 2.75) is 34.0 Å². The van der Waals surface area contributed by atoms with Gasteiger partial charge in [0.15, 0.2) is 0 Å². The van der Waals surface area contributed by atoms with E-state index in [9.17, 15) is 44.5 Å². The van der Waals surface area contributed by atoms with Crippen LogP contribution in [0.2, 0.25) is 0 Å². The SMILES string of the molecule is CC.CC1(C)C(=O)[N-]c2ccc([N+](=O)[O-])cc2[N-]C(=O)C(=O)N2c3cc([N+](=O)[O-])ccc3N(C1=O)[C@@H]2O.[Fe+2]. The predicted molar refractivity (Wildman–Crippen MR) is 128 cm³/mol. The van der Waals surface area contributed by atoms with Crippen LogP contribution in [0.15, 0.2) is 36.4 Å². The monoisotopic (exact) mass is 568 g/mol. The molecule has 0 spiro atoms. The molecule has 2 aromatic rings. The zero-order chi connectivity index (χ0) is 27.8. The third-order valence-electron chi connectivity index (χ3n) is 5.45. The molecule has 0 aromatic heterocycles. The molecule has 0 saturated heterocycles. The third-order valence-corrected chi connectivity index (χ3v) is 5.45. The van der Waals surface area contributed by atoms with Gasteiger partial charge >= 0.3 is 17.1 Å². The summed E-state index contributed by atoms with van der Waals surface area (Å²) in [4.78, 5) is 74.0. The van der Waals surface area contributed by atoms with E-state index in [1.807, 2.05) is 13.8 Å². The Morgan fingerprint density at radius 3 is 1.97 bits per heavy atom. The first-order valence-electron chi connectivity index (χ1n) is 10.8. The number of nitro groups is 2. The minimum atomic E-state index is -2.15. The molecule has 2 aliphatic rings. The van der Waals surface area contributed by atoms with E-state index in [1.165, 1.54) is 13.8 Å². The van der Waals surface area contributed by atoms with Gasteiger partial charge in [-0.25, -0.2) is 0 Å². The van der Waals surface area contributed by atoms with Crippen LogP contribution in [0, 0.1) is 25.6 Å². The van der Waals surface area contributed by atoms with Crippen LogP contribution in [0.25, 0.3) is 10.6 Å². The van der Waals surface area contributed by atoms with Gasteiger partial charge in [-0.3, -0.25) is 39.6 Å². The van der Waals surface area contributed by atoms with Gasteiger partial charge in [-0.2, -0.15) is 0 Å². The number of amides is 4. The molecule has 2 aliphatic heterocycles. The van der Waals surface area contributed by atoms with E-state index in [4.69, 9.17) is 0 Å². The van der Waals surface area contributed by atoms with E-state index in [0.717, 1.165) is 36.4 Å². The fourth-order valence-corrected chi connectivity index (χ4v) is 3.53. The van der Waals surface area contributed by atoms with Crippen molar-refractivity contribution in [1.29, 1.82) is 0 Å². The Balaban J connectivity index is 0.00000165. The van der Waals surface area contributed by atoms with Gasteiger partial charge in [0.1, 0.15) is 5.91 Å². The van der Waals surface area contributed by atoms with Crippen molar-refractivity contribution in [3.8, 4) is 0 Å². The van der Waals surface area contributed by atoms with E-state index < -0.39 is 62.3 Å². The van der Waals surface area contributed by atoms with Gasteiger partial charge in [0.05, 0.1) is 32.5 Å². The fourth-order valence-electron chi connectivity index (χ4n) is 3.53. The Morgan fingerprint density at radius 1 is 0.842 bits per heavy atom.